The van der Waals surface area contributed by atoms with Gasteiger partial charge >= 0.3 is 5.97 Å². The van der Waals surface area contributed by atoms with Crippen molar-refractivity contribution in [1.29, 1.82) is 0 Å². The molecule has 0 saturated heterocycles. The Labute approximate surface area is 233 Å². The van der Waals surface area contributed by atoms with E-state index < -0.39 is 5.60 Å². The molecule has 1 amide bonds. The third-order valence-corrected chi connectivity index (χ3v) is 7.18. The number of nitrogens with zero attached hydrogens (tertiary/aromatic N) is 3. The number of hydrogen-bond donors (Lipinski definition) is 1. The fraction of sp³-hybridized carbons (Fsp3) is 0.633. The van der Waals surface area contributed by atoms with Crippen molar-refractivity contribution in [3.05, 3.63) is 30.0 Å². The van der Waals surface area contributed by atoms with Crippen molar-refractivity contribution in [3.8, 4) is 22.8 Å². The van der Waals surface area contributed by atoms with Gasteiger partial charge < -0.3 is 24.4 Å². The molecule has 0 radical (unpaired) electrons. The van der Waals surface area contributed by atoms with Crippen LogP contribution in [0.3, 0.4) is 0 Å². The Bertz CT molecular complexity index is 1080. The van der Waals surface area contributed by atoms with E-state index in [0.717, 1.165) is 56.6 Å². The summed E-state index contributed by atoms with van der Waals surface area (Å²) in [7, 11) is 3.25. The van der Waals surface area contributed by atoms with E-state index in [0.29, 0.717) is 23.6 Å². The highest BCUT2D eigenvalue weighted by atomic mass is 16.6. The molecule has 1 atom stereocenters. The van der Waals surface area contributed by atoms with E-state index in [1.165, 1.54) is 0 Å². The maximum atomic E-state index is 13.6. The summed E-state index contributed by atoms with van der Waals surface area (Å²) in [6.07, 6.45) is 4.97. The average molecular weight is 543 g/mol. The van der Waals surface area contributed by atoms with Gasteiger partial charge in [-0.3, -0.25) is 14.3 Å². The Kier molecular flexibility index (Phi) is 10.8. The van der Waals surface area contributed by atoms with Gasteiger partial charge in [0, 0.05) is 12.6 Å². The predicted octanol–water partition coefficient (Wildman–Crippen LogP) is 5.24. The Morgan fingerprint density at radius 2 is 1.72 bits per heavy atom. The van der Waals surface area contributed by atoms with Crippen LogP contribution in [0.15, 0.2) is 24.3 Å². The molecular formula is C30H46N4O5. The minimum absolute atomic E-state index is 0.0980. The number of hydrogen-bond acceptors (Lipinski definition) is 7. The Morgan fingerprint density at radius 3 is 2.26 bits per heavy atom. The van der Waals surface area contributed by atoms with Gasteiger partial charge in [-0.25, -0.2) is 0 Å². The van der Waals surface area contributed by atoms with Gasteiger partial charge in [-0.2, -0.15) is 5.10 Å². The minimum atomic E-state index is -0.590. The molecule has 216 valence electrons. The van der Waals surface area contributed by atoms with Crippen LogP contribution in [-0.2, 0) is 9.53 Å². The molecule has 1 fully saturated rings. The summed E-state index contributed by atoms with van der Waals surface area (Å²) in [5.41, 5.74) is 1.27. The van der Waals surface area contributed by atoms with Gasteiger partial charge in [0.2, 0.25) is 0 Å². The Balaban J connectivity index is 1.92. The maximum absolute atomic E-state index is 13.6. The highest BCUT2D eigenvalue weighted by Crippen LogP contribution is 2.41. The summed E-state index contributed by atoms with van der Waals surface area (Å²) in [5, 5.41) is 7.89. The molecule has 2 aromatic rings. The number of aromatic nitrogens is 2. The fourth-order valence-corrected chi connectivity index (χ4v) is 5.17. The number of nitrogens with one attached hydrogen (secondary N) is 1. The van der Waals surface area contributed by atoms with Gasteiger partial charge in [-0.15, -0.1) is 0 Å². The Morgan fingerprint density at radius 1 is 1.10 bits per heavy atom. The molecule has 1 heterocycles. The zero-order valence-electron chi connectivity index (χ0n) is 24.7. The van der Waals surface area contributed by atoms with Crippen LogP contribution in [0.25, 0.3) is 11.3 Å². The molecule has 1 aromatic carbocycles. The first kappa shape index (κ1) is 30.5. The molecule has 3 rings (SSSR count). The van der Waals surface area contributed by atoms with Crippen molar-refractivity contribution in [2.75, 3.05) is 33.9 Å². The second-order valence-corrected chi connectivity index (χ2v) is 11.1. The average Bonchev–Trinajstić information content (AvgIpc) is 3.57. The molecule has 0 spiro atoms. The van der Waals surface area contributed by atoms with Crippen molar-refractivity contribution < 1.29 is 23.8 Å². The summed E-state index contributed by atoms with van der Waals surface area (Å²) in [4.78, 5) is 28.6. The Hall–Kier alpha value is -3.07. The number of methoxy groups -OCH3 is 2. The van der Waals surface area contributed by atoms with Crippen molar-refractivity contribution in [2.24, 2.45) is 0 Å². The number of carbonyl (C=O) groups excluding carboxylic acids is 2. The van der Waals surface area contributed by atoms with Crippen LogP contribution in [-0.4, -0.2) is 72.1 Å². The van der Waals surface area contributed by atoms with Crippen molar-refractivity contribution in [2.45, 2.75) is 90.8 Å². The quantitative estimate of drug-likeness (QED) is 0.346. The molecule has 9 heteroatoms. The van der Waals surface area contributed by atoms with Gasteiger partial charge in [0.1, 0.15) is 17.1 Å². The van der Waals surface area contributed by atoms with Gasteiger partial charge in [-0.05, 0) is 71.3 Å². The first-order valence-electron chi connectivity index (χ1n) is 14.2. The number of rotatable bonds is 13. The van der Waals surface area contributed by atoms with E-state index in [4.69, 9.17) is 19.3 Å². The van der Waals surface area contributed by atoms with E-state index in [1.54, 1.807) is 14.2 Å². The van der Waals surface area contributed by atoms with E-state index in [1.807, 2.05) is 49.7 Å². The lowest BCUT2D eigenvalue weighted by Crippen LogP contribution is -2.40. The topological polar surface area (TPSA) is 94.9 Å². The fourth-order valence-electron chi connectivity index (χ4n) is 5.17. The highest BCUT2D eigenvalue weighted by molar-refractivity contribution is 5.94. The SMILES string of the molecule is CCN(CC)CC[C@@H](CC(=O)OC(C)(C)C)NC(=O)c1cc(-c2c(OC)cccc2OC)n(C2CCCC2)n1. The number of esters is 1. The van der Waals surface area contributed by atoms with Crippen molar-refractivity contribution in [1.82, 2.24) is 20.0 Å². The van der Waals surface area contributed by atoms with Gasteiger partial charge in [0.15, 0.2) is 5.69 Å². The van der Waals surface area contributed by atoms with E-state index >= 15 is 0 Å². The maximum Gasteiger partial charge on any atom is 0.308 e. The second kappa shape index (κ2) is 13.8. The normalized spacial score (nSPS) is 14.9. The van der Waals surface area contributed by atoms with E-state index in [9.17, 15) is 9.59 Å². The minimum Gasteiger partial charge on any atom is -0.496 e. The van der Waals surface area contributed by atoms with Crippen LogP contribution in [0.5, 0.6) is 11.5 Å². The molecule has 0 bridgehead atoms. The van der Waals surface area contributed by atoms with Crippen LogP contribution in [0, 0.1) is 0 Å². The highest BCUT2D eigenvalue weighted by Gasteiger charge is 2.29. The molecule has 1 aliphatic carbocycles. The molecule has 39 heavy (non-hydrogen) atoms. The lowest BCUT2D eigenvalue weighted by Gasteiger charge is -2.25. The molecular weight excluding hydrogens is 496 g/mol. The largest absolute Gasteiger partial charge is 0.496 e. The number of ether oxygens (including phenoxy) is 3. The zero-order valence-corrected chi connectivity index (χ0v) is 24.7. The third kappa shape index (κ3) is 8.21. The van der Waals surface area contributed by atoms with E-state index in [-0.39, 0.29) is 30.4 Å². The molecule has 9 nitrogen and oxygen atoms in total. The summed E-state index contributed by atoms with van der Waals surface area (Å²) in [6, 6.07) is 7.26. The monoisotopic (exact) mass is 542 g/mol. The van der Waals surface area contributed by atoms with Crippen molar-refractivity contribution in [3.63, 3.8) is 0 Å². The van der Waals surface area contributed by atoms with Crippen LogP contribution in [0.1, 0.15) is 89.7 Å². The second-order valence-electron chi connectivity index (χ2n) is 11.1. The van der Waals surface area contributed by atoms with Gasteiger partial charge in [-0.1, -0.05) is 32.8 Å². The van der Waals surface area contributed by atoms with Crippen LogP contribution in [0.2, 0.25) is 0 Å². The molecule has 1 N–H and O–H groups in total. The summed E-state index contributed by atoms with van der Waals surface area (Å²) in [6.45, 7) is 12.3. The molecule has 1 aromatic heterocycles. The number of amides is 1. The van der Waals surface area contributed by atoms with Crippen LogP contribution in [0.4, 0.5) is 0 Å². The molecule has 0 unspecified atom stereocenters. The molecule has 1 saturated carbocycles. The van der Waals surface area contributed by atoms with Crippen LogP contribution >= 0.6 is 0 Å². The summed E-state index contributed by atoms with van der Waals surface area (Å²) < 4.78 is 18.9. The molecule has 0 aliphatic heterocycles. The number of carbonyl (C=O) groups is 2. The van der Waals surface area contributed by atoms with E-state index in [2.05, 4.69) is 24.1 Å². The van der Waals surface area contributed by atoms with Gasteiger partial charge in [0.25, 0.3) is 5.91 Å². The predicted molar refractivity (Wildman–Crippen MR) is 152 cm³/mol. The van der Waals surface area contributed by atoms with Gasteiger partial charge in [0.05, 0.1) is 37.9 Å². The number of benzene rings is 1. The lowest BCUT2D eigenvalue weighted by atomic mass is 10.1. The summed E-state index contributed by atoms with van der Waals surface area (Å²) in [5.74, 6) is 0.670. The first-order chi connectivity index (χ1) is 18.6. The third-order valence-electron chi connectivity index (χ3n) is 7.18. The van der Waals surface area contributed by atoms with Crippen molar-refractivity contribution >= 4 is 11.9 Å². The lowest BCUT2D eigenvalue weighted by molar-refractivity contribution is -0.155. The summed E-state index contributed by atoms with van der Waals surface area (Å²) >= 11 is 0. The standard InChI is InChI=1S/C30H46N4O5/c1-8-33(9-2)18-17-21(19-27(35)39-30(3,4)5)31-29(36)23-20-24(34(32-23)22-13-10-11-14-22)28-25(37-6)15-12-16-26(28)38-7/h12,15-16,20-22H,8-11,13-14,17-19H2,1-7H3,(H,31,36)/t21-/m0/s1. The first-order valence-corrected chi connectivity index (χ1v) is 14.2. The molecule has 1 aliphatic rings. The van der Waals surface area contributed by atoms with Crippen LogP contribution < -0.4 is 14.8 Å². The zero-order chi connectivity index (χ0) is 28.6. The smallest absolute Gasteiger partial charge is 0.308 e.